The van der Waals surface area contributed by atoms with E-state index in [4.69, 9.17) is 16.1 Å². The van der Waals surface area contributed by atoms with Gasteiger partial charge in [0.2, 0.25) is 0 Å². The number of anilines is 1. The van der Waals surface area contributed by atoms with Crippen molar-refractivity contribution in [2.45, 2.75) is 52.1 Å². The van der Waals surface area contributed by atoms with Gasteiger partial charge in [-0.3, -0.25) is 0 Å². The Morgan fingerprint density at radius 1 is 1.09 bits per heavy atom. The Bertz CT molecular complexity index is 1880. The third-order valence-electron chi connectivity index (χ3n) is 10.5. The third-order valence-corrected chi connectivity index (χ3v) is 10.5. The van der Waals surface area contributed by atoms with Crippen molar-refractivity contribution >= 4 is 27.5 Å². The molecular weight excluding hydrogens is 591 g/mol. The summed E-state index contributed by atoms with van der Waals surface area (Å²) < 4.78 is 54.3. The first-order valence-corrected chi connectivity index (χ1v) is 16.1. The number of piperazine rings is 1. The minimum absolute atomic E-state index is 0.0167. The fraction of sp³-hybridized carbons (Fsp3) is 0.444. The van der Waals surface area contributed by atoms with Crippen LogP contribution in [0.4, 0.5) is 19.0 Å². The van der Waals surface area contributed by atoms with Crippen molar-refractivity contribution < 1.29 is 23.0 Å². The van der Waals surface area contributed by atoms with Crippen molar-refractivity contribution in [3.8, 4) is 35.2 Å². The molecule has 0 amide bonds. The first-order chi connectivity index (χ1) is 22.1. The second kappa shape index (κ2) is 11.6. The van der Waals surface area contributed by atoms with Gasteiger partial charge in [-0.15, -0.1) is 6.42 Å². The average Bonchev–Trinajstić information content (AvgIpc) is 3.38. The molecule has 3 aromatic carbocycles. The Hall–Kier alpha value is -4.07. The summed E-state index contributed by atoms with van der Waals surface area (Å²) in [4.78, 5) is 13.8. The molecule has 4 aromatic rings. The molecule has 3 aliphatic rings. The topological polar surface area (TPSA) is 73.8 Å². The Morgan fingerprint density at radius 3 is 2.57 bits per heavy atom. The SMILES string of the molecule is C#Cc1c(F)ccc2cc(O)cc(-c3c(F)cc4c(N5C[C@H]6CC[C@@H](C5)N6)nc(OC[C@]5(C)CN(CC)CC[C@H]5C)nc4c3F)c12. The largest absolute Gasteiger partial charge is 0.508 e. The van der Waals surface area contributed by atoms with Crippen LogP contribution >= 0.6 is 0 Å². The van der Waals surface area contributed by atoms with Crippen molar-refractivity contribution in [3.63, 3.8) is 0 Å². The molecular formula is C36H38F3N5O2. The quantitative estimate of drug-likeness (QED) is 0.245. The highest BCUT2D eigenvalue weighted by Gasteiger charge is 2.38. The summed E-state index contributed by atoms with van der Waals surface area (Å²) >= 11 is 0. The third kappa shape index (κ3) is 5.19. The first-order valence-electron chi connectivity index (χ1n) is 16.1. The minimum Gasteiger partial charge on any atom is -0.508 e. The molecule has 10 heteroatoms. The summed E-state index contributed by atoms with van der Waals surface area (Å²) in [6.45, 7) is 11.0. The van der Waals surface area contributed by atoms with Crippen LogP contribution < -0.4 is 15.0 Å². The van der Waals surface area contributed by atoms with Gasteiger partial charge in [0.05, 0.1) is 17.7 Å². The summed E-state index contributed by atoms with van der Waals surface area (Å²) in [7, 11) is 0. The average molecular weight is 630 g/mol. The smallest absolute Gasteiger partial charge is 0.319 e. The van der Waals surface area contributed by atoms with Crippen LogP contribution in [0.5, 0.6) is 11.8 Å². The van der Waals surface area contributed by atoms with E-state index in [2.05, 4.69) is 46.8 Å². The number of halogens is 3. The lowest BCUT2D eigenvalue weighted by Crippen LogP contribution is -2.51. The standard InChI is InChI=1S/C36H38F3N5O2/c1-5-25-28(37)10-7-21-13-24(45)14-26(30(21)25)31-29(38)15-27-33(32(31)39)41-35(42-34(27)44-16-22-8-9-23(17-44)40-22)46-19-36(4)18-43(6-2)12-11-20(36)3/h1,7,10,13-15,20,22-23,40,45H,6,8-9,11-12,16-19H2,2-4H3/t20-,22-,23+,36+/m1/s1. The van der Waals surface area contributed by atoms with Crippen LogP contribution in [0.2, 0.25) is 0 Å². The van der Waals surface area contributed by atoms with Crippen LogP contribution in [0.1, 0.15) is 45.6 Å². The van der Waals surface area contributed by atoms with Crippen molar-refractivity contribution in [2.75, 3.05) is 44.2 Å². The van der Waals surface area contributed by atoms with Crippen LogP contribution in [0.15, 0.2) is 30.3 Å². The summed E-state index contributed by atoms with van der Waals surface area (Å²) in [6, 6.07) is 6.92. The number of fused-ring (bicyclic) bond motifs is 4. The maximum Gasteiger partial charge on any atom is 0.319 e. The zero-order valence-corrected chi connectivity index (χ0v) is 26.3. The molecule has 7 nitrogen and oxygen atoms in total. The molecule has 1 aromatic heterocycles. The lowest BCUT2D eigenvalue weighted by atomic mass is 9.74. The van der Waals surface area contributed by atoms with Gasteiger partial charge in [-0.05, 0) is 67.9 Å². The highest BCUT2D eigenvalue weighted by molar-refractivity contribution is 6.04. The van der Waals surface area contributed by atoms with Crippen LogP contribution in [-0.2, 0) is 0 Å². The molecule has 2 bridgehead atoms. The van der Waals surface area contributed by atoms with Crippen molar-refractivity contribution in [1.82, 2.24) is 20.2 Å². The van der Waals surface area contributed by atoms with Gasteiger partial charge in [-0.2, -0.15) is 9.97 Å². The molecule has 46 heavy (non-hydrogen) atoms. The monoisotopic (exact) mass is 629 g/mol. The number of hydrogen-bond acceptors (Lipinski definition) is 7. The lowest BCUT2D eigenvalue weighted by Gasteiger charge is -2.44. The summed E-state index contributed by atoms with van der Waals surface area (Å²) in [6.07, 6.45) is 8.73. The number of nitrogens with one attached hydrogen (secondary N) is 1. The number of benzene rings is 3. The molecule has 3 saturated heterocycles. The molecule has 0 spiro atoms. The fourth-order valence-corrected chi connectivity index (χ4v) is 7.60. The Labute approximate surface area is 266 Å². The Kier molecular flexibility index (Phi) is 7.73. The van der Waals surface area contributed by atoms with Crippen molar-refractivity contribution in [2.24, 2.45) is 11.3 Å². The van der Waals surface area contributed by atoms with E-state index in [1.54, 1.807) is 0 Å². The molecule has 0 aliphatic carbocycles. The van der Waals surface area contributed by atoms with Crippen LogP contribution in [0, 0.1) is 41.1 Å². The normalized spacial score (nSPS) is 24.9. The fourth-order valence-electron chi connectivity index (χ4n) is 7.60. The number of phenols is 1. The van der Waals surface area contributed by atoms with E-state index in [0.29, 0.717) is 36.8 Å². The molecule has 0 unspecified atom stereocenters. The van der Waals surface area contributed by atoms with Crippen LogP contribution in [-0.4, -0.2) is 71.4 Å². The second-order valence-corrected chi connectivity index (χ2v) is 13.5. The first kappa shape index (κ1) is 30.6. The molecule has 4 heterocycles. The number of phenolic OH excluding ortho intramolecular Hbond substituents is 1. The van der Waals surface area contributed by atoms with Gasteiger partial charge in [-0.1, -0.05) is 32.8 Å². The minimum atomic E-state index is -0.963. The van der Waals surface area contributed by atoms with E-state index >= 15 is 8.78 Å². The van der Waals surface area contributed by atoms with Gasteiger partial charge in [0, 0.05) is 53.5 Å². The number of ether oxygens (including phenoxy) is 1. The van der Waals surface area contributed by atoms with Gasteiger partial charge in [0.25, 0.3) is 0 Å². The van der Waals surface area contributed by atoms with Crippen molar-refractivity contribution in [3.05, 3.63) is 53.3 Å². The number of rotatable bonds is 6. The number of hydrogen-bond donors (Lipinski definition) is 2. The molecule has 4 atom stereocenters. The van der Waals surface area contributed by atoms with Crippen LogP contribution in [0.3, 0.4) is 0 Å². The number of aromatic nitrogens is 2. The van der Waals surface area contributed by atoms with Gasteiger partial charge in [-0.25, -0.2) is 13.2 Å². The molecule has 0 radical (unpaired) electrons. The number of piperidine rings is 1. The van der Waals surface area contributed by atoms with Crippen molar-refractivity contribution in [1.29, 1.82) is 0 Å². The highest BCUT2D eigenvalue weighted by Crippen LogP contribution is 2.42. The van der Waals surface area contributed by atoms with E-state index in [9.17, 15) is 9.50 Å². The summed E-state index contributed by atoms with van der Waals surface area (Å²) in [5.74, 6) is 0.315. The number of aromatic hydroxyl groups is 1. The molecule has 0 saturated carbocycles. The number of likely N-dealkylation sites (tertiary alicyclic amines) is 1. The highest BCUT2D eigenvalue weighted by atomic mass is 19.1. The Balaban J connectivity index is 1.40. The van der Waals surface area contributed by atoms with E-state index in [-0.39, 0.29) is 56.7 Å². The molecule has 7 rings (SSSR count). The van der Waals surface area contributed by atoms with E-state index in [1.807, 2.05) is 0 Å². The van der Waals surface area contributed by atoms with E-state index in [1.165, 1.54) is 30.3 Å². The van der Waals surface area contributed by atoms with Gasteiger partial charge >= 0.3 is 6.01 Å². The lowest BCUT2D eigenvalue weighted by molar-refractivity contribution is 0.0107. The zero-order chi connectivity index (χ0) is 32.3. The second-order valence-electron chi connectivity index (χ2n) is 13.5. The maximum absolute atomic E-state index is 16.9. The zero-order valence-electron chi connectivity index (χ0n) is 26.3. The van der Waals surface area contributed by atoms with Gasteiger partial charge < -0.3 is 25.0 Å². The predicted molar refractivity (Wildman–Crippen MR) is 174 cm³/mol. The van der Waals surface area contributed by atoms with Gasteiger partial charge in [0.15, 0.2) is 5.82 Å². The summed E-state index contributed by atoms with van der Waals surface area (Å²) in [5, 5.41) is 14.8. The molecule has 3 aliphatic heterocycles. The molecule has 240 valence electrons. The van der Waals surface area contributed by atoms with Crippen LogP contribution in [0.25, 0.3) is 32.8 Å². The molecule has 2 N–H and O–H groups in total. The van der Waals surface area contributed by atoms with Gasteiger partial charge in [0.1, 0.15) is 28.7 Å². The number of nitrogens with zero attached hydrogens (tertiary/aromatic N) is 4. The number of terminal acetylenes is 1. The molecule has 3 fully saturated rings. The predicted octanol–water partition coefficient (Wildman–Crippen LogP) is 6.24. The summed E-state index contributed by atoms with van der Waals surface area (Å²) in [5.41, 5.74) is -0.965. The maximum atomic E-state index is 16.9. The van der Waals surface area contributed by atoms with E-state index < -0.39 is 23.0 Å². The Morgan fingerprint density at radius 2 is 1.85 bits per heavy atom. The van der Waals surface area contributed by atoms with E-state index in [0.717, 1.165) is 38.9 Å².